The minimum absolute atomic E-state index is 0.379. The van der Waals surface area contributed by atoms with Crippen molar-refractivity contribution >= 4 is 145 Å². The zero-order valence-electron chi connectivity index (χ0n) is 66.0. The number of carbonyl (C=O) groups excluding carboxylic acids is 4. The van der Waals surface area contributed by atoms with Gasteiger partial charge in [-0.25, -0.2) is 19.2 Å². The van der Waals surface area contributed by atoms with Crippen molar-refractivity contribution in [2.45, 2.75) is 0 Å². The molecule has 0 spiro atoms. The summed E-state index contributed by atoms with van der Waals surface area (Å²) < 4.78 is 24.8. The van der Waals surface area contributed by atoms with E-state index in [1.165, 1.54) is 39.2 Å². The van der Waals surface area contributed by atoms with Gasteiger partial charge in [0.2, 0.25) is 0 Å². The van der Waals surface area contributed by atoms with Crippen molar-refractivity contribution in [2.24, 2.45) is 0 Å². The van der Waals surface area contributed by atoms with E-state index >= 15 is 0 Å². The monoisotopic (exact) mass is 1560 g/mol. The van der Waals surface area contributed by atoms with Crippen LogP contribution in [0.15, 0.2) is 388 Å². The summed E-state index contributed by atoms with van der Waals surface area (Å²) in [6.45, 7) is 0. The van der Waals surface area contributed by atoms with Gasteiger partial charge in [0.15, 0.2) is 0 Å². The maximum Gasteiger partial charge on any atom is 0.337 e. The topological polar surface area (TPSA) is 122 Å². The number of hydrogen-bond acceptors (Lipinski definition) is 10. The summed E-state index contributed by atoms with van der Waals surface area (Å²) in [7, 11) is 5.58. The quantitative estimate of drug-likeness (QED) is 0.0525. The minimum atomic E-state index is -0.387. The van der Waals surface area contributed by atoms with Crippen LogP contribution in [0.25, 0.3) is 143 Å². The third kappa shape index (κ3) is 13.2. The van der Waals surface area contributed by atoms with Gasteiger partial charge in [-0.2, -0.15) is 0 Å². The summed E-state index contributed by atoms with van der Waals surface area (Å²) in [6, 6.07) is 133. The summed E-state index contributed by atoms with van der Waals surface area (Å²) in [6.07, 6.45) is 0. The van der Waals surface area contributed by atoms with Crippen LogP contribution in [0, 0.1) is 0 Å². The Kier molecular flexibility index (Phi) is 19.6. The molecule has 12 heteroatoms. The van der Waals surface area contributed by atoms with Gasteiger partial charge in [-0.15, -0.1) is 0 Å². The molecule has 12 nitrogen and oxygen atoms in total. The summed E-state index contributed by atoms with van der Waals surface area (Å²) in [5.41, 5.74) is 22.7. The molecule has 0 aliphatic heterocycles. The van der Waals surface area contributed by atoms with Crippen molar-refractivity contribution in [3.05, 3.63) is 411 Å². The van der Waals surface area contributed by atoms with Crippen LogP contribution in [0.4, 0.5) is 34.1 Å². The maximum atomic E-state index is 12.6. The molecule has 120 heavy (non-hydrogen) atoms. The number of fused-ring (bicyclic) bond motifs is 10. The van der Waals surface area contributed by atoms with Crippen LogP contribution in [0.2, 0.25) is 0 Å². The average Bonchev–Trinajstić information content (AvgIpc) is 0.878. The molecule has 0 aliphatic carbocycles. The molecule has 2 aromatic heterocycles. The molecule has 0 radical (unpaired) electrons. The van der Waals surface area contributed by atoms with Crippen LogP contribution in [-0.2, 0) is 18.9 Å². The van der Waals surface area contributed by atoms with Gasteiger partial charge in [0.25, 0.3) is 0 Å². The van der Waals surface area contributed by atoms with E-state index in [9.17, 15) is 19.2 Å². The van der Waals surface area contributed by atoms with E-state index in [1.807, 2.05) is 121 Å². The van der Waals surface area contributed by atoms with E-state index < -0.39 is 0 Å². The molecule has 20 rings (SSSR count). The number of para-hydroxylation sites is 6. The molecular weight excluding hydrogens is 1480 g/mol. The summed E-state index contributed by atoms with van der Waals surface area (Å²) in [5.74, 6) is -1.53. The average molecular weight is 1560 g/mol. The zero-order chi connectivity index (χ0) is 81.5. The lowest BCUT2D eigenvalue weighted by molar-refractivity contribution is 0.0592. The van der Waals surface area contributed by atoms with Gasteiger partial charge in [-0.1, -0.05) is 224 Å². The molecule has 0 saturated carbocycles. The number of nitrogens with zero attached hydrogens (tertiary/aromatic N) is 4. The smallest absolute Gasteiger partial charge is 0.337 e. The van der Waals surface area contributed by atoms with E-state index in [4.69, 9.17) is 18.9 Å². The zero-order valence-corrected chi connectivity index (χ0v) is 66.0. The number of hydrogen-bond donors (Lipinski definition) is 0. The van der Waals surface area contributed by atoms with E-state index in [2.05, 4.69) is 286 Å². The maximum absolute atomic E-state index is 12.6. The van der Waals surface area contributed by atoms with Gasteiger partial charge in [0.05, 0.1) is 78.4 Å². The minimum Gasteiger partial charge on any atom is -0.465 e. The normalized spacial score (nSPS) is 11.3. The van der Waals surface area contributed by atoms with Gasteiger partial charge in [0, 0.05) is 66.7 Å². The summed E-state index contributed by atoms with van der Waals surface area (Å²) in [5, 5.41) is 13.0. The van der Waals surface area contributed by atoms with Crippen molar-refractivity contribution in [1.82, 2.24) is 9.13 Å². The first-order valence-corrected chi connectivity index (χ1v) is 39.6. The second-order valence-electron chi connectivity index (χ2n) is 29.4. The fraction of sp³-hybridized carbons (Fsp3) is 0.0370. The number of rotatable bonds is 16. The third-order valence-electron chi connectivity index (χ3n) is 22.8. The van der Waals surface area contributed by atoms with Gasteiger partial charge in [0.1, 0.15) is 0 Å². The molecule has 576 valence electrons. The van der Waals surface area contributed by atoms with Crippen molar-refractivity contribution in [1.29, 1.82) is 0 Å². The Morgan fingerprint density at radius 3 is 0.900 bits per heavy atom. The molecule has 0 unspecified atom stereocenters. The van der Waals surface area contributed by atoms with Crippen LogP contribution in [0.3, 0.4) is 0 Å². The molecule has 0 aliphatic rings. The van der Waals surface area contributed by atoms with Crippen molar-refractivity contribution in [3.8, 4) is 55.9 Å². The Labute approximate surface area is 692 Å². The highest BCUT2D eigenvalue weighted by Gasteiger charge is 2.28. The lowest BCUT2D eigenvalue weighted by Crippen LogP contribution is -2.11. The van der Waals surface area contributed by atoms with Crippen LogP contribution in [0.1, 0.15) is 41.4 Å². The fourth-order valence-corrected chi connectivity index (χ4v) is 17.4. The number of benzene rings is 18. The Bertz CT molecular complexity index is 7300. The number of aromatic nitrogens is 2. The Morgan fingerprint density at radius 2 is 0.500 bits per heavy atom. The van der Waals surface area contributed by atoms with E-state index in [0.717, 1.165) is 166 Å². The number of methoxy groups -OCH3 is 4. The third-order valence-corrected chi connectivity index (χ3v) is 22.8. The highest BCUT2D eigenvalue weighted by atomic mass is 16.5. The lowest BCUT2D eigenvalue weighted by atomic mass is 9.84. The number of carbonyl (C=O) groups is 4. The molecular formula is C108H76N4O8. The molecule has 0 atom stereocenters. The first-order chi connectivity index (χ1) is 59.1. The summed E-state index contributed by atoms with van der Waals surface area (Å²) >= 11 is 0. The Hall–Kier alpha value is -15.9. The molecule has 0 amide bonds. The highest BCUT2D eigenvalue weighted by Crippen LogP contribution is 2.52. The largest absolute Gasteiger partial charge is 0.465 e. The second-order valence-corrected chi connectivity index (χ2v) is 29.4. The lowest BCUT2D eigenvalue weighted by Gasteiger charge is -2.29. The first kappa shape index (κ1) is 74.2. The van der Waals surface area contributed by atoms with Gasteiger partial charge >= 0.3 is 23.9 Å². The van der Waals surface area contributed by atoms with Gasteiger partial charge < -0.3 is 37.9 Å². The molecule has 0 N–H and O–H groups in total. The van der Waals surface area contributed by atoms with Crippen LogP contribution >= 0.6 is 0 Å². The molecule has 18 aromatic carbocycles. The number of ether oxygens (including phenoxy) is 4. The van der Waals surface area contributed by atoms with Crippen molar-refractivity contribution < 1.29 is 38.1 Å². The molecule has 0 saturated heterocycles. The highest BCUT2D eigenvalue weighted by molar-refractivity contribution is 6.26. The molecule has 20 aromatic rings. The van der Waals surface area contributed by atoms with E-state index in [0.29, 0.717) is 22.3 Å². The summed E-state index contributed by atoms with van der Waals surface area (Å²) in [4.78, 5) is 54.8. The van der Waals surface area contributed by atoms with Gasteiger partial charge in [-0.05, 0) is 246 Å². The SMILES string of the molecule is COC(=O)c1ccc(-c2c3ccccc3c(-c3ccc(C(=O)OC)cc3)c3c(N(c4ccccc4)c4ccc5c(c4)c4ccccc4n5-c4ccccc4)cccc23)cc1.COC(=O)c1ccc(-c2c3ccccc3c(-c3ccc(C(=O)OC)cc3)c3cc(N(c4ccccc4)c4ccc5c(c4)c4ccccc4n5-c4ccccc4)ccc23)cc1. The number of esters is 4. The Balaban J connectivity index is 0.000000159. The fourth-order valence-electron chi connectivity index (χ4n) is 17.4. The van der Waals surface area contributed by atoms with Crippen LogP contribution in [0.5, 0.6) is 0 Å². The molecule has 2 heterocycles. The van der Waals surface area contributed by atoms with Gasteiger partial charge in [-0.3, -0.25) is 0 Å². The predicted octanol–water partition coefficient (Wildman–Crippen LogP) is 26.9. The second kappa shape index (κ2) is 31.7. The van der Waals surface area contributed by atoms with Crippen LogP contribution in [-0.4, -0.2) is 61.5 Å². The van der Waals surface area contributed by atoms with Crippen molar-refractivity contribution in [2.75, 3.05) is 38.2 Å². The molecule has 0 bridgehead atoms. The van der Waals surface area contributed by atoms with Crippen molar-refractivity contribution in [3.63, 3.8) is 0 Å². The van der Waals surface area contributed by atoms with Crippen LogP contribution < -0.4 is 9.80 Å². The standard InChI is InChI=1S/2C54H38N2O4/c1-59-53(57)37-28-24-35(25-29-37)50-43-19-9-10-20-44(43)51(36-26-30-38(31-27-36)54(58)60-2)52-45(50)21-13-23-49(52)55(39-14-5-3-6-15-39)41-32-33-48-46(34-41)42-18-11-12-22-47(42)56(48)40-16-7-4-8-17-40;1-59-53(57)37-25-21-35(22-26-37)51-44-18-9-10-19-45(44)52(36-23-27-38(28-24-36)54(58)60-2)48-34-41(29-31-46(48)51)55(39-13-5-3-6-14-39)42-30-32-50-47(33-42)43-17-11-12-20-49(43)56(50)40-15-7-4-8-16-40/h2*3-34H,1-2H3. The Morgan fingerprint density at radius 1 is 0.217 bits per heavy atom. The first-order valence-electron chi connectivity index (χ1n) is 39.6. The van der Waals surface area contributed by atoms with E-state index in [-0.39, 0.29) is 23.9 Å². The molecule has 0 fully saturated rings. The number of anilines is 6. The predicted molar refractivity (Wildman–Crippen MR) is 488 cm³/mol. The van der Waals surface area contributed by atoms with E-state index in [1.54, 1.807) is 0 Å².